The van der Waals surface area contributed by atoms with Gasteiger partial charge in [0.1, 0.15) is 18.2 Å². The van der Waals surface area contributed by atoms with Crippen molar-refractivity contribution in [2.45, 2.75) is 6.61 Å². The van der Waals surface area contributed by atoms with Crippen LogP contribution in [0.1, 0.15) is 16.1 Å². The minimum Gasteiger partial charge on any atom is -0.380 e. The van der Waals surface area contributed by atoms with E-state index in [-0.39, 0.29) is 24.7 Å². The van der Waals surface area contributed by atoms with Crippen molar-refractivity contribution in [2.24, 2.45) is 0 Å². The molecule has 0 saturated heterocycles. The minimum atomic E-state index is -0.661. The summed E-state index contributed by atoms with van der Waals surface area (Å²) in [6.45, 7) is -0.619. The van der Waals surface area contributed by atoms with Gasteiger partial charge in [-0.2, -0.15) is 0 Å². The molecule has 0 aliphatic carbocycles. The van der Waals surface area contributed by atoms with E-state index >= 15 is 0 Å². The van der Waals surface area contributed by atoms with Gasteiger partial charge in [0.2, 0.25) is 0 Å². The summed E-state index contributed by atoms with van der Waals surface area (Å²) in [5.74, 6) is -0.857. The lowest BCUT2D eigenvalue weighted by atomic mass is 10.1. The highest BCUT2D eigenvalue weighted by Crippen LogP contribution is 2.30. The van der Waals surface area contributed by atoms with E-state index in [0.29, 0.717) is 21.9 Å². The molecule has 0 saturated carbocycles. The fourth-order valence-corrected chi connectivity index (χ4v) is 2.66. The molecule has 3 aromatic rings. The summed E-state index contributed by atoms with van der Waals surface area (Å²) < 4.78 is 31.0. The van der Waals surface area contributed by atoms with Crippen molar-refractivity contribution in [2.75, 3.05) is 20.3 Å². The Labute approximate surface area is 130 Å². The largest absolute Gasteiger partial charge is 0.380 e. The van der Waals surface area contributed by atoms with Crippen molar-refractivity contribution in [1.29, 1.82) is 0 Å². The molecule has 0 unspecified atom stereocenters. The number of hydrogen-bond donors (Lipinski definition) is 2. The Hall–Kier alpha value is -2.54. The van der Waals surface area contributed by atoms with E-state index in [2.05, 4.69) is 15.3 Å². The van der Waals surface area contributed by atoms with Gasteiger partial charge < -0.3 is 15.0 Å². The number of nitrogens with zero attached hydrogens (tertiary/aromatic N) is 1. The molecule has 5 nitrogen and oxygen atoms in total. The number of rotatable bonds is 5. The van der Waals surface area contributed by atoms with Crippen LogP contribution in [0, 0.1) is 5.82 Å². The molecular weight excluding hydrogens is 304 g/mol. The van der Waals surface area contributed by atoms with Gasteiger partial charge in [-0.05, 0) is 18.2 Å². The quantitative estimate of drug-likeness (QED) is 0.760. The van der Waals surface area contributed by atoms with Gasteiger partial charge in [0, 0.05) is 35.5 Å². The zero-order valence-electron chi connectivity index (χ0n) is 12.5. The molecule has 2 heterocycles. The summed E-state index contributed by atoms with van der Waals surface area (Å²) in [7, 11) is 1.50. The molecule has 2 aromatic heterocycles. The molecule has 1 amide bonds. The molecule has 0 atom stereocenters. The molecule has 2 N–H and O–H groups in total. The fraction of sp³-hybridized carbons (Fsp3) is 0.250. The summed E-state index contributed by atoms with van der Waals surface area (Å²) in [6, 6.07) is 4.39. The molecule has 0 bridgehead atoms. The second-order valence-corrected chi connectivity index (χ2v) is 5.07. The Bertz CT molecular complexity index is 877. The van der Waals surface area contributed by atoms with E-state index < -0.39 is 12.6 Å². The van der Waals surface area contributed by atoms with Crippen LogP contribution in [0.5, 0.6) is 0 Å². The van der Waals surface area contributed by atoms with Crippen LogP contribution in [0.25, 0.3) is 21.8 Å². The summed E-state index contributed by atoms with van der Waals surface area (Å²) in [5, 5.41) is 3.78. The van der Waals surface area contributed by atoms with Crippen molar-refractivity contribution in [1.82, 2.24) is 15.3 Å². The van der Waals surface area contributed by atoms with Crippen LogP contribution in [0.4, 0.5) is 8.78 Å². The Morgan fingerprint density at radius 3 is 2.96 bits per heavy atom. The third kappa shape index (κ3) is 2.75. The molecule has 1 aromatic carbocycles. The monoisotopic (exact) mass is 319 g/mol. The maximum atomic E-state index is 13.6. The van der Waals surface area contributed by atoms with Crippen LogP contribution in [0.2, 0.25) is 0 Å². The Morgan fingerprint density at radius 1 is 1.39 bits per heavy atom. The van der Waals surface area contributed by atoms with Crippen LogP contribution in [-0.2, 0) is 11.3 Å². The number of nitrogens with one attached hydrogen (secondary N) is 2. The van der Waals surface area contributed by atoms with Crippen LogP contribution in [0.3, 0.4) is 0 Å². The second-order valence-electron chi connectivity index (χ2n) is 5.07. The van der Waals surface area contributed by atoms with Gasteiger partial charge >= 0.3 is 0 Å². The average Bonchev–Trinajstić information content (AvgIpc) is 2.91. The Balaban J connectivity index is 2.25. The number of H-pyrrole nitrogens is 1. The molecule has 0 aliphatic rings. The topological polar surface area (TPSA) is 67.0 Å². The van der Waals surface area contributed by atoms with Crippen LogP contribution in [-0.4, -0.2) is 36.2 Å². The summed E-state index contributed by atoms with van der Waals surface area (Å²) >= 11 is 0. The maximum Gasteiger partial charge on any atom is 0.270 e. The number of halogens is 2. The first-order valence-corrected chi connectivity index (χ1v) is 7.07. The van der Waals surface area contributed by atoms with Gasteiger partial charge in [-0.15, -0.1) is 0 Å². The van der Waals surface area contributed by atoms with Gasteiger partial charge in [-0.25, -0.2) is 13.8 Å². The number of alkyl halides is 1. The summed E-state index contributed by atoms with van der Waals surface area (Å²) in [6.07, 6.45) is 1.51. The fourth-order valence-electron chi connectivity index (χ4n) is 2.66. The second kappa shape index (κ2) is 6.29. The average molecular weight is 319 g/mol. The molecule has 120 valence electrons. The zero-order chi connectivity index (χ0) is 16.4. The summed E-state index contributed by atoms with van der Waals surface area (Å²) in [4.78, 5) is 19.5. The van der Waals surface area contributed by atoms with E-state index in [1.54, 1.807) is 6.07 Å². The normalized spacial score (nSPS) is 11.3. The number of pyridine rings is 1. The SMILES string of the molecule is COCc1c(C(=O)NCCF)ncc2[nH]c3ccc(F)cc3c12. The van der Waals surface area contributed by atoms with Gasteiger partial charge in [-0.1, -0.05) is 0 Å². The van der Waals surface area contributed by atoms with E-state index in [1.807, 2.05) is 0 Å². The van der Waals surface area contributed by atoms with Crippen LogP contribution < -0.4 is 5.32 Å². The first kappa shape index (κ1) is 15.4. The van der Waals surface area contributed by atoms with Gasteiger partial charge in [0.05, 0.1) is 18.3 Å². The number of hydrogen-bond acceptors (Lipinski definition) is 3. The molecular formula is C16H15F2N3O2. The number of amides is 1. The van der Waals surface area contributed by atoms with Gasteiger partial charge in [0.25, 0.3) is 5.91 Å². The van der Waals surface area contributed by atoms with Crippen molar-refractivity contribution in [3.63, 3.8) is 0 Å². The van der Waals surface area contributed by atoms with E-state index in [4.69, 9.17) is 4.74 Å². The maximum absolute atomic E-state index is 13.6. The van der Waals surface area contributed by atoms with Crippen LogP contribution >= 0.6 is 0 Å². The lowest BCUT2D eigenvalue weighted by molar-refractivity contribution is 0.0941. The highest BCUT2D eigenvalue weighted by atomic mass is 19.1. The van der Waals surface area contributed by atoms with Crippen molar-refractivity contribution in [3.8, 4) is 0 Å². The highest BCUT2D eigenvalue weighted by molar-refractivity contribution is 6.11. The number of aromatic amines is 1. The van der Waals surface area contributed by atoms with Crippen molar-refractivity contribution in [3.05, 3.63) is 41.5 Å². The third-order valence-electron chi connectivity index (χ3n) is 3.58. The summed E-state index contributed by atoms with van der Waals surface area (Å²) in [5.41, 5.74) is 2.11. The number of benzene rings is 1. The standard InChI is InChI=1S/C16H15F2N3O2/c1-23-8-11-14-10-6-9(18)2-3-12(10)21-13(14)7-20-15(11)16(22)19-5-4-17/h2-3,6-7,21H,4-5,8H2,1H3,(H,19,22). The minimum absolute atomic E-state index is 0.0898. The number of methoxy groups -OCH3 is 1. The van der Waals surface area contributed by atoms with Crippen molar-refractivity contribution >= 4 is 27.7 Å². The number of carbonyl (C=O) groups is 1. The zero-order valence-corrected chi connectivity index (χ0v) is 12.5. The predicted molar refractivity (Wildman–Crippen MR) is 82.6 cm³/mol. The van der Waals surface area contributed by atoms with Crippen LogP contribution in [0.15, 0.2) is 24.4 Å². The molecule has 0 spiro atoms. The Kier molecular flexibility index (Phi) is 4.20. The van der Waals surface area contributed by atoms with Gasteiger partial charge in [-0.3, -0.25) is 4.79 Å². The number of fused-ring (bicyclic) bond motifs is 3. The Morgan fingerprint density at radius 2 is 2.22 bits per heavy atom. The van der Waals surface area contributed by atoms with Gasteiger partial charge in [0.15, 0.2) is 0 Å². The molecule has 0 aliphatic heterocycles. The first-order valence-electron chi connectivity index (χ1n) is 7.07. The lowest BCUT2D eigenvalue weighted by Gasteiger charge is -2.10. The molecule has 0 fully saturated rings. The highest BCUT2D eigenvalue weighted by Gasteiger charge is 2.19. The van der Waals surface area contributed by atoms with E-state index in [9.17, 15) is 13.6 Å². The first-order chi connectivity index (χ1) is 11.2. The number of ether oxygens (including phenoxy) is 1. The van der Waals surface area contributed by atoms with Crippen molar-refractivity contribution < 1.29 is 18.3 Å². The predicted octanol–water partition coefficient (Wildman–Crippen LogP) is 2.70. The van der Waals surface area contributed by atoms with E-state index in [1.165, 1.54) is 25.4 Å². The van der Waals surface area contributed by atoms with E-state index in [0.717, 1.165) is 5.52 Å². The molecule has 7 heteroatoms. The number of aromatic nitrogens is 2. The number of carbonyl (C=O) groups excluding carboxylic acids is 1. The molecule has 3 rings (SSSR count). The molecule has 23 heavy (non-hydrogen) atoms. The third-order valence-corrected chi connectivity index (χ3v) is 3.58. The smallest absolute Gasteiger partial charge is 0.270 e. The molecule has 0 radical (unpaired) electrons. The lowest BCUT2D eigenvalue weighted by Crippen LogP contribution is -2.27.